The first kappa shape index (κ1) is 12.3. The van der Waals surface area contributed by atoms with Crippen LogP contribution in [-0.2, 0) is 9.47 Å². The maximum atomic E-state index is 11.6. The number of esters is 1. The highest BCUT2D eigenvalue weighted by Gasteiger charge is 2.17. The smallest absolute Gasteiger partial charge is 0.357 e. The van der Waals surface area contributed by atoms with Gasteiger partial charge in [0, 0.05) is 17.8 Å². The molecule has 1 saturated heterocycles. The number of pyridine rings is 1. The number of carbonyl (C=O) groups excluding carboxylic acids is 1. The van der Waals surface area contributed by atoms with E-state index in [1.165, 1.54) is 12.3 Å². The minimum Gasteiger partial charge on any atom is -0.458 e. The van der Waals surface area contributed by atoms with Crippen LogP contribution in [0.1, 0.15) is 29.8 Å². The number of hydrogen-bond acceptors (Lipinski definition) is 4. The highest BCUT2D eigenvalue weighted by molar-refractivity contribution is 6.30. The van der Waals surface area contributed by atoms with E-state index in [2.05, 4.69) is 4.98 Å². The molecule has 4 nitrogen and oxygen atoms in total. The van der Waals surface area contributed by atoms with Crippen molar-refractivity contribution in [2.45, 2.75) is 25.4 Å². The minimum absolute atomic E-state index is 0.0203. The van der Waals surface area contributed by atoms with Crippen molar-refractivity contribution in [1.29, 1.82) is 0 Å². The van der Waals surface area contributed by atoms with Crippen molar-refractivity contribution in [1.82, 2.24) is 4.98 Å². The van der Waals surface area contributed by atoms with E-state index in [1.54, 1.807) is 6.07 Å². The van der Waals surface area contributed by atoms with E-state index in [-0.39, 0.29) is 18.4 Å². The molecule has 92 valence electrons. The number of halogens is 1. The van der Waals surface area contributed by atoms with Gasteiger partial charge in [-0.1, -0.05) is 11.6 Å². The van der Waals surface area contributed by atoms with E-state index in [0.29, 0.717) is 5.02 Å². The maximum absolute atomic E-state index is 11.6. The lowest BCUT2D eigenvalue weighted by atomic mass is 10.1. The number of rotatable bonds is 3. The SMILES string of the molecule is O=C(OCC1CCCCO1)c1cc(Cl)ccn1. The summed E-state index contributed by atoms with van der Waals surface area (Å²) in [5.41, 5.74) is 0.230. The molecular formula is C12H14ClNO3. The highest BCUT2D eigenvalue weighted by Crippen LogP contribution is 2.14. The third-order valence-corrected chi connectivity index (χ3v) is 2.84. The molecule has 1 aromatic heterocycles. The van der Waals surface area contributed by atoms with E-state index in [0.717, 1.165) is 25.9 Å². The zero-order chi connectivity index (χ0) is 12.1. The van der Waals surface area contributed by atoms with Gasteiger partial charge >= 0.3 is 5.97 Å². The van der Waals surface area contributed by atoms with Gasteiger partial charge in [-0.3, -0.25) is 0 Å². The minimum atomic E-state index is -0.457. The Morgan fingerprint density at radius 1 is 1.59 bits per heavy atom. The molecule has 0 saturated carbocycles. The fraction of sp³-hybridized carbons (Fsp3) is 0.500. The number of ether oxygens (including phenoxy) is 2. The van der Waals surface area contributed by atoms with E-state index in [4.69, 9.17) is 21.1 Å². The van der Waals surface area contributed by atoms with Gasteiger partial charge in [0.15, 0.2) is 0 Å². The second-order valence-electron chi connectivity index (χ2n) is 3.95. The Labute approximate surface area is 105 Å². The molecular weight excluding hydrogens is 242 g/mol. The van der Waals surface area contributed by atoms with Crippen molar-refractivity contribution in [3.05, 3.63) is 29.0 Å². The molecule has 1 aliphatic rings. The Balaban J connectivity index is 1.84. The molecule has 0 N–H and O–H groups in total. The first-order valence-electron chi connectivity index (χ1n) is 5.66. The van der Waals surface area contributed by atoms with Gasteiger partial charge in [0.2, 0.25) is 0 Å². The average Bonchev–Trinajstić information content (AvgIpc) is 2.37. The van der Waals surface area contributed by atoms with Crippen LogP contribution in [0.5, 0.6) is 0 Å². The second-order valence-corrected chi connectivity index (χ2v) is 4.38. The van der Waals surface area contributed by atoms with Crippen molar-refractivity contribution in [2.24, 2.45) is 0 Å². The zero-order valence-electron chi connectivity index (χ0n) is 9.39. The summed E-state index contributed by atoms with van der Waals surface area (Å²) in [6.07, 6.45) is 4.65. The van der Waals surface area contributed by atoms with Crippen LogP contribution in [0.2, 0.25) is 5.02 Å². The molecule has 1 aromatic rings. The molecule has 1 unspecified atom stereocenters. The summed E-state index contributed by atoms with van der Waals surface area (Å²) in [4.78, 5) is 15.5. The maximum Gasteiger partial charge on any atom is 0.357 e. The highest BCUT2D eigenvalue weighted by atomic mass is 35.5. The van der Waals surface area contributed by atoms with Crippen molar-refractivity contribution >= 4 is 17.6 Å². The van der Waals surface area contributed by atoms with Gasteiger partial charge in [-0.05, 0) is 31.4 Å². The number of hydrogen-bond donors (Lipinski definition) is 0. The molecule has 1 fully saturated rings. The van der Waals surface area contributed by atoms with Gasteiger partial charge in [0.25, 0.3) is 0 Å². The summed E-state index contributed by atoms with van der Waals surface area (Å²) >= 11 is 5.77. The third kappa shape index (κ3) is 3.68. The molecule has 1 atom stereocenters. The van der Waals surface area contributed by atoms with Gasteiger partial charge < -0.3 is 9.47 Å². The van der Waals surface area contributed by atoms with Crippen LogP contribution < -0.4 is 0 Å². The predicted molar refractivity (Wildman–Crippen MR) is 63.1 cm³/mol. The lowest BCUT2D eigenvalue weighted by Crippen LogP contribution is -2.26. The Morgan fingerprint density at radius 2 is 2.47 bits per heavy atom. The van der Waals surface area contributed by atoms with Gasteiger partial charge in [-0.25, -0.2) is 9.78 Å². The van der Waals surface area contributed by atoms with Gasteiger partial charge in [-0.2, -0.15) is 0 Å². The summed E-state index contributed by atoms with van der Waals surface area (Å²) in [5.74, 6) is -0.457. The molecule has 1 aliphatic heterocycles. The molecule has 0 amide bonds. The van der Waals surface area contributed by atoms with Crippen molar-refractivity contribution in [3.63, 3.8) is 0 Å². The average molecular weight is 256 g/mol. The summed E-state index contributed by atoms with van der Waals surface area (Å²) in [7, 11) is 0. The normalized spacial score (nSPS) is 19.9. The molecule has 2 rings (SSSR count). The molecule has 0 spiro atoms. The fourth-order valence-electron chi connectivity index (χ4n) is 1.70. The van der Waals surface area contributed by atoms with E-state index >= 15 is 0 Å². The quantitative estimate of drug-likeness (QED) is 0.779. The Bertz CT molecular complexity index is 391. The Kier molecular flexibility index (Phi) is 4.34. The standard InChI is InChI=1S/C12H14ClNO3/c13-9-4-5-14-11(7-9)12(15)17-8-10-3-1-2-6-16-10/h4-5,7,10H,1-3,6,8H2. The lowest BCUT2D eigenvalue weighted by molar-refractivity contribution is -0.0302. The van der Waals surface area contributed by atoms with E-state index in [1.807, 2.05) is 0 Å². The fourth-order valence-corrected chi connectivity index (χ4v) is 1.86. The van der Waals surface area contributed by atoms with Crippen molar-refractivity contribution < 1.29 is 14.3 Å². The van der Waals surface area contributed by atoms with Crippen molar-refractivity contribution in [2.75, 3.05) is 13.2 Å². The van der Waals surface area contributed by atoms with Gasteiger partial charge in [-0.15, -0.1) is 0 Å². The number of nitrogens with zero attached hydrogens (tertiary/aromatic N) is 1. The summed E-state index contributed by atoms with van der Waals surface area (Å²) in [5, 5.41) is 0.473. The van der Waals surface area contributed by atoms with Crippen LogP contribution in [0.4, 0.5) is 0 Å². The Hall–Kier alpha value is -1.13. The van der Waals surface area contributed by atoms with Crippen LogP contribution in [0.25, 0.3) is 0 Å². The monoisotopic (exact) mass is 255 g/mol. The zero-order valence-corrected chi connectivity index (χ0v) is 10.2. The largest absolute Gasteiger partial charge is 0.458 e. The number of carbonyl (C=O) groups is 1. The molecule has 5 heteroatoms. The number of aromatic nitrogens is 1. The van der Waals surface area contributed by atoms with E-state index in [9.17, 15) is 4.79 Å². The molecule has 0 bridgehead atoms. The van der Waals surface area contributed by atoms with Crippen LogP contribution in [0, 0.1) is 0 Å². The third-order valence-electron chi connectivity index (χ3n) is 2.61. The first-order valence-corrected chi connectivity index (χ1v) is 6.04. The first-order chi connectivity index (χ1) is 8.25. The predicted octanol–water partition coefficient (Wildman–Crippen LogP) is 2.46. The molecule has 17 heavy (non-hydrogen) atoms. The van der Waals surface area contributed by atoms with Crippen LogP contribution >= 0.6 is 11.6 Å². The molecule has 0 aliphatic carbocycles. The van der Waals surface area contributed by atoms with Crippen molar-refractivity contribution in [3.8, 4) is 0 Å². The van der Waals surface area contributed by atoms with E-state index < -0.39 is 5.97 Å². The van der Waals surface area contributed by atoms with Gasteiger partial charge in [0.05, 0.1) is 6.10 Å². The van der Waals surface area contributed by atoms with Crippen LogP contribution in [0.3, 0.4) is 0 Å². The Morgan fingerprint density at radius 3 is 3.18 bits per heavy atom. The topological polar surface area (TPSA) is 48.4 Å². The molecule has 2 heterocycles. The summed E-state index contributed by atoms with van der Waals surface area (Å²) in [6, 6.07) is 3.11. The summed E-state index contributed by atoms with van der Waals surface area (Å²) in [6.45, 7) is 1.03. The lowest BCUT2D eigenvalue weighted by Gasteiger charge is -2.21. The van der Waals surface area contributed by atoms with Gasteiger partial charge in [0.1, 0.15) is 12.3 Å². The molecule has 0 aromatic carbocycles. The van der Waals surface area contributed by atoms with Crippen LogP contribution in [0.15, 0.2) is 18.3 Å². The summed E-state index contributed by atoms with van der Waals surface area (Å²) < 4.78 is 10.6. The molecule has 0 radical (unpaired) electrons. The second kappa shape index (κ2) is 5.98. The van der Waals surface area contributed by atoms with Crippen LogP contribution in [-0.4, -0.2) is 30.3 Å².